The number of aliphatic hydroxyl groups excluding tert-OH is 1. The van der Waals surface area contributed by atoms with Crippen molar-refractivity contribution in [2.24, 2.45) is 0 Å². The second-order valence-electron chi connectivity index (χ2n) is 6.85. The van der Waals surface area contributed by atoms with Crippen LogP contribution in [-0.4, -0.2) is 55.0 Å². The fourth-order valence-corrected chi connectivity index (χ4v) is 3.65. The molecule has 3 rings (SSSR count). The summed E-state index contributed by atoms with van der Waals surface area (Å²) in [5.74, 6) is -2.10. The highest BCUT2D eigenvalue weighted by atomic mass is 35.5. The van der Waals surface area contributed by atoms with E-state index in [1.54, 1.807) is 37.3 Å². The molecule has 9 heteroatoms. The van der Waals surface area contributed by atoms with Crippen LogP contribution in [0.3, 0.4) is 0 Å². The Labute approximate surface area is 189 Å². The molecule has 0 saturated carbocycles. The second kappa shape index (κ2) is 9.74. The first kappa shape index (κ1) is 23.1. The lowest BCUT2D eigenvalue weighted by Crippen LogP contribution is -2.35. The highest BCUT2D eigenvalue weighted by molar-refractivity contribution is 6.47. The number of hydrogen-bond acceptors (Lipinski definition) is 7. The van der Waals surface area contributed by atoms with Gasteiger partial charge in [-0.15, -0.1) is 0 Å². The average Bonchev–Trinajstić information content (AvgIpc) is 3.03. The Balaban J connectivity index is 2.19. The summed E-state index contributed by atoms with van der Waals surface area (Å²) in [6, 6.07) is 9.95. The van der Waals surface area contributed by atoms with E-state index in [4.69, 9.17) is 25.8 Å². The van der Waals surface area contributed by atoms with Crippen molar-refractivity contribution in [3.8, 4) is 11.5 Å². The molecule has 1 unspecified atom stereocenters. The van der Waals surface area contributed by atoms with Gasteiger partial charge in [-0.2, -0.15) is 0 Å². The Morgan fingerprint density at radius 1 is 1.06 bits per heavy atom. The van der Waals surface area contributed by atoms with Gasteiger partial charge in [0.05, 0.1) is 32.4 Å². The quantitative estimate of drug-likeness (QED) is 0.293. The van der Waals surface area contributed by atoms with Gasteiger partial charge < -0.3 is 24.2 Å². The number of carbonyl (C=O) groups is 3. The van der Waals surface area contributed by atoms with E-state index in [1.807, 2.05) is 0 Å². The number of Topliss-reactive ketones (excluding diaryl/α,β-unsaturated/α-hetero) is 1. The van der Waals surface area contributed by atoms with Crippen molar-refractivity contribution < 1.29 is 33.7 Å². The first-order valence-corrected chi connectivity index (χ1v) is 10.1. The maximum Gasteiger partial charge on any atom is 0.325 e. The van der Waals surface area contributed by atoms with E-state index in [1.165, 1.54) is 26.4 Å². The molecule has 2 aromatic rings. The fraction of sp³-hybridized carbons (Fsp3) is 0.261. The number of ether oxygens (including phenoxy) is 3. The van der Waals surface area contributed by atoms with E-state index in [0.29, 0.717) is 27.6 Å². The van der Waals surface area contributed by atoms with Crippen LogP contribution in [0.1, 0.15) is 24.1 Å². The van der Waals surface area contributed by atoms with Crippen LogP contribution in [0, 0.1) is 0 Å². The first-order chi connectivity index (χ1) is 15.3. The van der Waals surface area contributed by atoms with Crippen molar-refractivity contribution in [3.63, 3.8) is 0 Å². The lowest BCUT2D eigenvalue weighted by atomic mass is 9.95. The van der Waals surface area contributed by atoms with Crippen LogP contribution < -0.4 is 9.47 Å². The van der Waals surface area contributed by atoms with Gasteiger partial charge in [0, 0.05) is 10.6 Å². The molecule has 1 aliphatic rings. The number of amides is 1. The summed E-state index contributed by atoms with van der Waals surface area (Å²) >= 11 is 5.92. The normalized spacial score (nSPS) is 17.4. The Morgan fingerprint density at radius 2 is 1.72 bits per heavy atom. The summed E-state index contributed by atoms with van der Waals surface area (Å²) in [6.07, 6.45) is 0. The smallest absolute Gasteiger partial charge is 0.325 e. The Kier molecular flexibility index (Phi) is 7.05. The number of hydrogen-bond donors (Lipinski definition) is 1. The van der Waals surface area contributed by atoms with Crippen LogP contribution in [0.2, 0.25) is 5.02 Å². The Bertz CT molecular complexity index is 1080. The summed E-state index contributed by atoms with van der Waals surface area (Å²) in [4.78, 5) is 39.1. The van der Waals surface area contributed by atoms with Crippen LogP contribution in [0.15, 0.2) is 48.0 Å². The molecule has 0 aliphatic carbocycles. The third kappa shape index (κ3) is 4.40. The minimum Gasteiger partial charge on any atom is -0.507 e. The molecule has 32 heavy (non-hydrogen) atoms. The number of ketones is 1. The third-order valence-corrected chi connectivity index (χ3v) is 5.24. The van der Waals surface area contributed by atoms with Crippen molar-refractivity contribution in [2.45, 2.75) is 13.0 Å². The molecule has 168 valence electrons. The largest absolute Gasteiger partial charge is 0.507 e. The first-order valence-electron chi connectivity index (χ1n) is 9.74. The molecule has 1 fully saturated rings. The van der Waals surface area contributed by atoms with Gasteiger partial charge in [0.2, 0.25) is 0 Å². The predicted molar refractivity (Wildman–Crippen MR) is 117 cm³/mol. The number of halogens is 1. The molecule has 1 aliphatic heterocycles. The monoisotopic (exact) mass is 459 g/mol. The average molecular weight is 460 g/mol. The van der Waals surface area contributed by atoms with E-state index in [9.17, 15) is 19.5 Å². The standard InChI is InChI=1S/C23H22ClNO7/c1-4-32-18(26)12-25-20(14-7-10-16(30-2)17(11-14)31-3)19(22(28)23(25)29)21(27)13-5-8-15(24)9-6-13/h5-11,20,27H,4,12H2,1-3H3. The maximum atomic E-state index is 13.0. The zero-order chi connectivity index (χ0) is 23.4. The lowest BCUT2D eigenvalue weighted by Gasteiger charge is -2.25. The van der Waals surface area contributed by atoms with Crippen molar-refractivity contribution in [1.29, 1.82) is 0 Å². The van der Waals surface area contributed by atoms with Gasteiger partial charge in [-0.1, -0.05) is 17.7 Å². The molecule has 1 N–H and O–H groups in total. The number of carbonyl (C=O) groups excluding carboxylic acids is 3. The minimum absolute atomic E-state index is 0.120. The van der Waals surface area contributed by atoms with E-state index in [0.717, 1.165) is 4.90 Å². The predicted octanol–water partition coefficient (Wildman–Crippen LogP) is 3.34. The number of likely N-dealkylation sites (tertiary alicyclic amines) is 1. The van der Waals surface area contributed by atoms with Crippen LogP contribution in [-0.2, 0) is 19.1 Å². The second-order valence-corrected chi connectivity index (χ2v) is 7.29. The van der Waals surface area contributed by atoms with Crippen molar-refractivity contribution in [1.82, 2.24) is 4.90 Å². The number of aliphatic hydroxyl groups is 1. The van der Waals surface area contributed by atoms with Crippen LogP contribution >= 0.6 is 11.6 Å². The summed E-state index contributed by atoms with van der Waals surface area (Å²) in [6.45, 7) is 1.29. The Morgan fingerprint density at radius 3 is 2.31 bits per heavy atom. The van der Waals surface area contributed by atoms with Crippen LogP contribution in [0.25, 0.3) is 5.76 Å². The van der Waals surface area contributed by atoms with Gasteiger partial charge in [0.15, 0.2) is 11.5 Å². The van der Waals surface area contributed by atoms with Crippen LogP contribution in [0.4, 0.5) is 0 Å². The molecule has 8 nitrogen and oxygen atoms in total. The van der Waals surface area contributed by atoms with E-state index >= 15 is 0 Å². The Hall–Kier alpha value is -3.52. The highest BCUT2D eigenvalue weighted by Crippen LogP contribution is 2.41. The highest BCUT2D eigenvalue weighted by Gasteiger charge is 2.47. The summed E-state index contributed by atoms with van der Waals surface area (Å²) in [7, 11) is 2.93. The molecule has 1 saturated heterocycles. The molecule has 2 aromatic carbocycles. The van der Waals surface area contributed by atoms with Gasteiger partial charge in [0.25, 0.3) is 11.7 Å². The molecule has 0 spiro atoms. The van der Waals surface area contributed by atoms with E-state index in [-0.39, 0.29) is 17.9 Å². The van der Waals surface area contributed by atoms with Crippen molar-refractivity contribution in [2.75, 3.05) is 27.4 Å². The molecule has 1 heterocycles. The number of benzene rings is 2. The molecule has 1 atom stereocenters. The van der Waals surface area contributed by atoms with E-state index < -0.39 is 30.2 Å². The SMILES string of the molecule is CCOC(=O)CN1C(=O)C(=O)C(=C(O)c2ccc(Cl)cc2)C1c1ccc(OC)c(OC)c1. The molecule has 0 bridgehead atoms. The maximum absolute atomic E-state index is 13.0. The number of nitrogens with zero attached hydrogens (tertiary/aromatic N) is 1. The van der Waals surface area contributed by atoms with Gasteiger partial charge in [-0.3, -0.25) is 14.4 Å². The lowest BCUT2D eigenvalue weighted by molar-refractivity contribution is -0.149. The summed E-state index contributed by atoms with van der Waals surface area (Å²) in [5, 5.41) is 11.4. The third-order valence-electron chi connectivity index (χ3n) is 4.99. The zero-order valence-electron chi connectivity index (χ0n) is 17.8. The van der Waals surface area contributed by atoms with Gasteiger partial charge in [0.1, 0.15) is 12.3 Å². The topological polar surface area (TPSA) is 102 Å². The summed E-state index contributed by atoms with van der Waals surface area (Å²) < 4.78 is 15.6. The fourth-order valence-electron chi connectivity index (χ4n) is 3.52. The van der Waals surface area contributed by atoms with Crippen molar-refractivity contribution in [3.05, 3.63) is 64.2 Å². The van der Waals surface area contributed by atoms with Gasteiger partial charge in [-0.25, -0.2) is 0 Å². The van der Waals surface area contributed by atoms with Crippen LogP contribution in [0.5, 0.6) is 11.5 Å². The minimum atomic E-state index is -1.05. The molecule has 1 amide bonds. The molecular weight excluding hydrogens is 438 g/mol. The molecule has 0 aromatic heterocycles. The van der Waals surface area contributed by atoms with E-state index in [2.05, 4.69) is 0 Å². The number of methoxy groups -OCH3 is 2. The zero-order valence-corrected chi connectivity index (χ0v) is 18.5. The summed E-state index contributed by atoms with van der Waals surface area (Å²) in [5.41, 5.74) is 0.588. The molecular formula is C23H22ClNO7. The van der Waals surface area contributed by atoms with Crippen molar-refractivity contribution >= 4 is 35.0 Å². The number of esters is 1. The number of rotatable bonds is 7. The molecule has 0 radical (unpaired) electrons. The van der Waals surface area contributed by atoms with Gasteiger partial charge >= 0.3 is 5.97 Å². The van der Waals surface area contributed by atoms with Gasteiger partial charge in [-0.05, 0) is 48.9 Å².